The van der Waals surface area contributed by atoms with Gasteiger partial charge in [0.25, 0.3) is 0 Å². The molecule has 0 saturated heterocycles. The van der Waals surface area contributed by atoms with E-state index in [1.54, 1.807) is 49.6 Å². The number of anilines is 12. The van der Waals surface area contributed by atoms with Gasteiger partial charge in [0.05, 0.1) is 47.5 Å². The van der Waals surface area contributed by atoms with Crippen LogP contribution in [-0.2, 0) is 0 Å². The summed E-state index contributed by atoms with van der Waals surface area (Å²) in [6, 6.07) is 35.9. The molecule has 0 spiro atoms. The third-order valence-corrected chi connectivity index (χ3v) is 14.6. The van der Waals surface area contributed by atoms with Crippen LogP contribution in [-0.4, -0.2) is 92.8 Å². The normalized spacial score (nSPS) is 10.7. The standard InChI is InChI=1S/C18H16N6.2C12H10ClN5.C12H12N6.C8H19N.C6H7N/c1-12-10-21-18(24-16(12)22-14-5-3-2-4-6-14)23-15-9-13-7-8-19-17(13)20-11-15;1-7-5-16-12(13)18-10(7)17-9-4-8-2-3-14-11(8)15-6-9;1-7-5-16-12(18-10(7)13)17-9-4-8-2-3-14-11(8)15-6-9;1-7-5-16-12(13)18-10(7)17-9-4-8-2-3-14-11(8)15-6-9;1-6(2)8(9-5)7(3)4;7-6-4-2-1-3-5-6/h2-11H,1H3,(H,19,20)(H2,21,22,23,24);2*2-6H,1H3,(H,14,15)(H,16,17,18);2-6H,1H3,(H,14,15)(H3,13,16,17,18);6-9H,1-5H3;1-5H,7H2. The van der Waals surface area contributed by atoms with Crippen molar-refractivity contribution in [1.29, 1.82) is 0 Å². The van der Waals surface area contributed by atoms with E-state index in [0.29, 0.717) is 34.7 Å². The van der Waals surface area contributed by atoms with Crippen molar-refractivity contribution in [3.05, 3.63) is 216 Å². The van der Waals surface area contributed by atoms with E-state index in [9.17, 15) is 0 Å². The first-order valence-corrected chi connectivity index (χ1v) is 30.7. The largest absolute Gasteiger partial charge is 0.399 e. The lowest BCUT2D eigenvalue weighted by molar-refractivity contribution is 0.334. The first-order valence-electron chi connectivity index (χ1n) is 29.9. The second kappa shape index (κ2) is 32.6. The maximum absolute atomic E-state index is 5.95. The predicted octanol–water partition coefficient (Wildman–Crippen LogP) is 15.4. The molecule has 24 nitrogen and oxygen atoms in total. The molecular formula is C68H74Cl2N24. The van der Waals surface area contributed by atoms with Gasteiger partial charge in [-0.2, -0.15) is 9.97 Å². The molecule has 0 amide bonds. The maximum atomic E-state index is 5.95. The zero-order chi connectivity index (χ0) is 66.5. The SMILES string of the molecule is CNC(C(C)C)C(C)C.Cc1cnc(Cl)nc1Nc1cnc2[nH]ccc2c1.Cc1cnc(N)nc1Nc1cnc2[nH]ccc2c1.Cc1cnc(Nc2cnc3[nH]ccc3c2)nc1Cl.Cc1cnc(Nc2cnc3[nH]ccc3c2)nc1Nc1ccccc1.Nc1ccccc1. The van der Waals surface area contributed by atoms with Crippen molar-refractivity contribution in [1.82, 2.24) is 85.1 Å². The van der Waals surface area contributed by atoms with Crippen molar-refractivity contribution in [3.8, 4) is 0 Å². The van der Waals surface area contributed by atoms with Crippen LogP contribution in [0.2, 0.25) is 10.4 Å². The number of nitrogens with zero attached hydrogens (tertiary/aromatic N) is 12. The lowest BCUT2D eigenvalue weighted by Crippen LogP contribution is -2.35. The van der Waals surface area contributed by atoms with E-state index in [0.717, 1.165) is 118 Å². The van der Waals surface area contributed by atoms with Gasteiger partial charge in [-0.3, -0.25) is 0 Å². The van der Waals surface area contributed by atoms with E-state index in [1.807, 2.05) is 169 Å². The average Bonchev–Trinajstić information content (AvgIpc) is 1.61. The van der Waals surface area contributed by atoms with Crippen LogP contribution in [0.3, 0.4) is 0 Å². The molecular weight excluding hydrogens is 1220 g/mol. The molecule has 12 heterocycles. The second-order valence-electron chi connectivity index (χ2n) is 22.1. The van der Waals surface area contributed by atoms with E-state index in [1.165, 1.54) is 0 Å². The Morgan fingerprint density at radius 1 is 0.383 bits per heavy atom. The molecule has 12 aromatic heterocycles. The number of hydrogen-bond acceptors (Lipinski definition) is 20. The molecule has 0 atom stereocenters. The van der Waals surface area contributed by atoms with Gasteiger partial charge in [-0.25, -0.2) is 49.8 Å². The lowest BCUT2D eigenvalue weighted by atomic mass is 9.94. The van der Waals surface area contributed by atoms with Gasteiger partial charge in [-0.15, -0.1) is 0 Å². The van der Waals surface area contributed by atoms with Gasteiger partial charge in [0.2, 0.25) is 23.1 Å². The van der Waals surface area contributed by atoms with Gasteiger partial charge in [0.15, 0.2) is 0 Å². The van der Waals surface area contributed by atoms with Crippen LogP contribution in [0, 0.1) is 39.5 Å². The molecule has 14 rings (SSSR count). The number of para-hydroxylation sites is 2. The fourth-order valence-electron chi connectivity index (χ4n) is 9.35. The zero-order valence-corrected chi connectivity index (χ0v) is 54.8. The van der Waals surface area contributed by atoms with Crippen LogP contribution < -0.4 is 43.4 Å². The predicted molar refractivity (Wildman–Crippen MR) is 382 cm³/mol. The lowest BCUT2D eigenvalue weighted by Gasteiger charge is -2.23. The topological polar surface area (TPSA) is 342 Å². The van der Waals surface area contributed by atoms with Gasteiger partial charge >= 0.3 is 0 Å². The van der Waals surface area contributed by atoms with Gasteiger partial charge in [-0.05, 0) is 131 Å². The summed E-state index contributed by atoms with van der Waals surface area (Å²) in [6.07, 6.45) is 21.2. The van der Waals surface area contributed by atoms with E-state index >= 15 is 0 Å². The highest BCUT2D eigenvalue weighted by Gasteiger charge is 2.14. The highest BCUT2D eigenvalue weighted by atomic mass is 35.5. The molecule has 0 radical (unpaired) electrons. The second-order valence-corrected chi connectivity index (χ2v) is 22.8. The van der Waals surface area contributed by atoms with Crippen LogP contribution in [0.1, 0.15) is 49.9 Å². The molecule has 0 saturated carbocycles. The molecule has 14 N–H and O–H groups in total. The number of nitrogens with two attached hydrogens (primary N) is 2. The fourth-order valence-corrected chi connectivity index (χ4v) is 9.61. The summed E-state index contributed by atoms with van der Waals surface area (Å²) in [4.78, 5) is 62.8. The first kappa shape index (κ1) is 67.1. The Kier molecular flexibility index (Phi) is 23.3. The van der Waals surface area contributed by atoms with Crippen LogP contribution in [0.4, 0.5) is 69.4 Å². The Morgan fingerprint density at radius 2 is 0.755 bits per heavy atom. The highest BCUT2D eigenvalue weighted by Crippen LogP contribution is 2.26. The molecule has 0 aliphatic carbocycles. The van der Waals surface area contributed by atoms with Crippen LogP contribution in [0.25, 0.3) is 44.1 Å². The molecule has 94 heavy (non-hydrogen) atoms. The third kappa shape index (κ3) is 19.3. The van der Waals surface area contributed by atoms with Gasteiger partial charge in [0, 0.05) is 111 Å². The van der Waals surface area contributed by atoms with Crippen molar-refractivity contribution in [2.75, 3.05) is 45.1 Å². The quantitative estimate of drug-likeness (QED) is 0.0290. The van der Waals surface area contributed by atoms with Crippen molar-refractivity contribution in [2.45, 2.75) is 61.4 Å². The van der Waals surface area contributed by atoms with E-state index in [-0.39, 0.29) is 11.2 Å². The summed E-state index contributed by atoms with van der Waals surface area (Å²) in [5.74, 6) is 4.88. The van der Waals surface area contributed by atoms with Crippen LogP contribution in [0.5, 0.6) is 0 Å². The minimum atomic E-state index is 0.221. The van der Waals surface area contributed by atoms with E-state index in [2.05, 4.69) is 139 Å². The van der Waals surface area contributed by atoms with Gasteiger partial charge in [0.1, 0.15) is 45.2 Å². The van der Waals surface area contributed by atoms with Crippen LogP contribution in [0.15, 0.2) is 184 Å². The summed E-state index contributed by atoms with van der Waals surface area (Å²) >= 11 is 11.7. The average molecular weight is 1300 g/mol. The first-order chi connectivity index (χ1) is 45.4. The van der Waals surface area contributed by atoms with Crippen molar-refractivity contribution < 1.29 is 0 Å². The number of fused-ring (bicyclic) bond motifs is 4. The Labute approximate surface area is 553 Å². The molecule has 480 valence electrons. The summed E-state index contributed by atoms with van der Waals surface area (Å²) in [5, 5.41) is 24.1. The molecule has 0 aliphatic heterocycles. The minimum absolute atomic E-state index is 0.221. The molecule has 0 bridgehead atoms. The molecule has 0 unspecified atom stereocenters. The number of benzene rings is 2. The summed E-state index contributed by atoms with van der Waals surface area (Å²) in [7, 11) is 2.03. The number of hydrogen-bond donors (Lipinski definition) is 12. The number of nitrogens with one attached hydrogen (secondary N) is 10. The van der Waals surface area contributed by atoms with Crippen molar-refractivity contribution in [2.24, 2.45) is 11.8 Å². The Bertz CT molecular complexity index is 4550. The van der Waals surface area contributed by atoms with E-state index in [4.69, 9.17) is 34.7 Å². The van der Waals surface area contributed by atoms with Crippen LogP contribution >= 0.6 is 23.2 Å². The maximum Gasteiger partial charge on any atom is 0.229 e. The molecule has 0 fully saturated rings. The number of aryl methyl sites for hydroxylation is 4. The van der Waals surface area contributed by atoms with Gasteiger partial charge in [-0.1, -0.05) is 75.7 Å². The number of nitrogen functional groups attached to an aromatic ring is 2. The van der Waals surface area contributed by atoms with Gasteiger partial charge < -0.3 is 63.3 Å². The third-order valence-electron chi connectivity index (χ3n) is 14.1. The monoisotopic (exact) mass is 1300 g/mol. The smallest absolute Gasteiger partial charge is 0.229 e. The fraction of sp³-hybridized carbons (Fsp3) is 0.176. The number of rotatable bonds is 13. The van der Waals surface area contributed by atoms with E-state index < -0.39 is 0 Å². The Balaban J connectivity index is 0.000000138. The summed E-state index contributed by atoms with van der Waals surface area (Å²) < 4.78 is 0. The Hall–Kier alpha value is -11.3. The minimum Gasteiger partial charge on any atom is -0.399 e. The summed E-state index contributed by atoms with van der Waals surface area (Å²) in [5.41, 5.74) is 23.2. The summed E-state index contributed by atoms with van der Waals surface area (Å²) in [6.45, 7) is 16.7. The number of aromatic amines is 4. The number of aromatic nitrogens is 16. The van der Waals surface area contributed by atoms with Crippen molar-refractivity contribution >= 4 is 137 Å². The number of pyridine rings is 4. The Morgan fingerprint density at radius 3 is 1.16 bits per heavy atom. The number of H-pyrrole nitrogens is 4. The number of halogens is 2. The molecule has 0 aliphatic rings. The van der Waals surface area contributed by atoms with Crippen molar-refractivity contribution in [3.63, 3.8) is 0 Å². The molecule has 26 heteroatoms. The highest BCUT2D eigenvalue weighted by molar-refractivity contribution is 6.30. The molecule has 14 aromatic rings. The molecule has 2 aromatic carbocycles. The zero-order valence-electron chi connectivity index (χ0n) is 53.3.